The van der Waals surface area contributed by atoms with Gasteiger partial charge in [0.05, 0.1) is 19.9 Å². The van der Waals surface area contributed by atoms with Crippen molar-refractivity contribution in [2.24, 2.45) is 0 Å². The maximum Gasteiger partial charge on any atom is 0.333 e. The minimum Gasteiger partial charge on any atom is -0.495 e. The Kier molecular flexibility index (Phi) is 5.03. The molecule has 0 fully saturated rings. The summed E-state index contributed by atoms with van der Waals surface area (Å²) in [7, 11) is 2.97. The molecule has 6 heteroatoms. The molecule has 106 valence electrons. The third-order valence-electron chi connectivity index (χ3n) is 2.72. The predicted octanol–water partition coefficient (Wildman–Crippen LogP) is 3.85. The molecule has 0 aliphatic carbocycles. The van der Waals surface area contributed by atoms with Crippen LogP contribution in [0.15, 0.2) is 40.2 Å². The minimum absolute atomic E-state index is 0.342. The molecule has 1 atom stereocenters. The Labute approximate surface area is 129 Å². The lowest BCUT2D eigenvalue weighted by Crippen LogP contribution is -2.21. The number of carbonyl (C=O) groups is 1. The van der Waals surface area contributed by atoms with Crippen LogP contribution in [0.3, 0.4) is 0 Å². The number of anilines is 1. The summed E-state index contributed by atoms with van der Waals surface area (Å²) in [6.45, 7) is 0. The van der Waals surface area contributed by atoms with Crippen LogP contribution in [0.25, 0.3) is 0 Å². The quantitative estimate of drug-likeness (QED) is 0.827. The smallest absolute Gasteiger partial charge is 0.333 e. The molecule has 0 spiro atoms. The lowest BCUT2D eigenvalue weighted by molar-refractivity contribution is -0.141. The van der Waals surface area contributed by atoms with Crippen LogP contribution in [0, 0.1) is 0 Å². The first kappa shape index (κ1) is 14.9. The number of methoxy groups -OCH3 is 2. The number of ether oxygens (including phenoxy) is 2. The van der Waals surface area contributed by atoms with Gasteiger partial charge in [0.15, 0.2) is 6.04 Å². The van der Waals surface area contributed by atoms with Gasteiger partial charge in [-0.05, 0) is 34.1 Å². The summed E-state index contributed by atoms with van der Waals surface area (Å²) >= 11 is 4.87. The van der Waals surface area contributed by atoms with Crippen LogP contribution in [0.2, 0.25) is 0 Å². The van der Waals surface area contributed by atoms with Gasteiger partial charge in [0.2, 0.25) is 0 Å². The summed E-state index contributed by atoms with van der Waals surface area (Å²) in [5.74, 6) is 0.335. The van der Waals surface area contributed by atoms with Crippen LogP contribution < -0.4 is 10.1 Å². The van der Waals surface area contributed by atoms with E-state index in [0.29, 0.717) is 5.75 Å². The number of rotatable bonds is 5. The molecule has 0 saturated carbocycles. The van der Waals surface area contributed by atoms with Crippen molar-refractivity contribution in [2.45, 2.75) is 6.04 Å². The standard InChI is InChI=1S/C14H14BrNO3S/c1-18-11-6-4-3-5-10(11)16-13(14(17)19-2)12-7-9(15)8-20-12/h3-8,13,16H,1-2H3. The highest BCUT2D eigenvalue weighted by Crippen LogP contribution is 2.32. The van der Waals surface area contributed by atoms with E-state index < -0.39 is 6.04 Å². The predicted molar refractivity (Wildman–Crippen MR) is 83.4 cm³/mol. The second kappa shape index (κ2) is 6.76. The van der Waals surface area contributed by atoms with E-state index in [4.69, 9.17) is 9.47 Å². The monoisotopic (exact) mass is 355 g/mol. The molecular weight excluding hydrogens is 342 g/mol. The summed E-state index contributed by atoms with van der Waals surface area (Å²) < 4.78 is 11.1. The molecule has 0 saturated heterocycles. The van der Waals surface area contributed by atoms with Gasteiger partial charge in [0, 0.05) is 14.7 Å². The van der Waals surface area contributed by atoms with Crippen LogP contribution in [0.1, 0.15) is 10.9 Å². The fourth-order valence-electron chi connectivity index (χ4n) is 1.76. The molecule has 1 aromatic heterocycles. The Hall–Kier alpha value is -1.53. The van der Waals surface area contributed by atoms with Gasteiger partial charge in [0.1, 0.15) is 5.75 Å². The number of nitrogens with one attached hydrogen (secondary N) is 1. The second-order valence-electron chi connectivity index (χ2n) is 3.97. The number of para-hydroxylation sites is 2. The van der Waals surface area contributed by atoms with Gasteiger partial charge >= 0.3 is 5.97 Å². The Morgan fingerprint density at radius 3 is 2.70 bits per heavy atom. The summed E-state index contributed by atoms with van der Waals surface area (Å²) in [6, 6.07) is 8.78. The second-order valence-corrected chi connectivity index (χ2v) is 5.83. The molecule has 1 unspecified atom stereocenters. The van der Waals surface area contributed by atoms with Crippen molar-refractivity contribution in [1.82, 2.24) is 0 Å². The fourth-order valence-corrected chi connectivity index (χ4v) is 3.24. The largest absolute Gasteiger partial charge is 0.495 e. The Morgan fingerprint density at radius 2 is 2.10 bits per heavy atom. The van der Waals surface area contributed by atoms with Gasteiger partial charge in [-0.2, -0.15) is 0 Å². The first-order valence-electron chi connectivity index (χ1n) is 5.87. The molecule has 20 heavy (non-hydrogen) atoms. The Balaban J connectivity index is 2.31. The Bertz CT molecular complexity index is 600. The third kappa shape index (κ3) is 3.32. The Morgan fingerprint density at radius 1 is 1.35 bits per heavy atom. The zero-order chi connectivity index (χ0) is 14.5. The van der Waals surface area contributed by atoms with Gasteiger partial charge in [-0.15, -0.1) is 11.3 Å². The number of halogens is 1. The van der Waals surface area contributed by atoms with E-state index >= 15 is 0 Å². The van der Waals surface area contributed by atoms with E-state index in [0.717, 1.165) is 15.0 Å². The normalized spacial score (nSPS) is 11.8. The van der Waals surface area contributed by atoms with Crippen LogP contribution in [-0.2, 0) is 9.53 Å². The maximum atomic E-state index is 12.0. The molecule has 0 aliphatic rings. The summed E-state index contributed by atoms with van der Waals surface area (Å²) in [5.41, 5.74) is 0.745. The van der Waals surface area contributed by atoms with E-state index in [1.807, 2.05) is 35.7 Å². The number of benzene rings is 1. The SMILES string of the molecule is COC(=O)C(Nc1ccccc1OC)c1cc(Br)cs1. The van der Waals surface area contributed by atoms with Crippen LogP contribution in [0.4, 0.5) is 5.69 Å². The molecule has 1 heterocycles. The van der Waals surface area contributed by atoms with Crippen molar-refractivity contribution < 1.29 is 14.3 Å². The van der Waals surface area contributed by atoms with Crippen molar-refractivity contribution in [1.29, 1.82) is 0 Å². The summed E-state index contributed by atoms with van der Waals surface area (Å²) in [4.78, 5) is 12.9. The fraction of sp³-hybridized carbons (Fsp3) is 0.214. The summed E-state index contributed by atoms with van der Waals surface area (Å²) in [6.07, 6.45) is 0. The van der Waals surface area contributed by atoms with Crippen LogP contribution in [-0.4, -0.2) is 20.2 Å². The number of esters is 1. The number of hydrogen-bond acceptors (Lipinski definition) is 5. The van der Waals surface area contributed by atoms with E-state index in [1.54, 1.807) is 7.11 Å². The van der Waals surface area contributed by atoms with Gasteiger partial charge in [-0.25, -0.2) is 4.79 Å². The van der Waals surface area contributed by atoms with Gasteiger partial charge < -0.3 is 14.8 Å². The topological polar surface area (TPSA) is 47.6 Å². The zero-order valence-corrected chi connectivity index (χ0v) is 13.5. The minimum atomic E-state index is -0.562. The molecule has 4 nitrogen and oxygen atoms in total. The van der Waals surface area contributed by atoms with E-state index in [2.05, 4.69) is 21.2 Å². The van der Waals surface area contributed by atoms with Crippen molar-refractivity contribution in [3.63, 3.8) is 0 Å². The van der Waals surface area contributed by atoms with Crippen LogP contribution in [0.5, 0.6) is 5.75 Å². The van der Waals surface area contributed by atoms with Crippen LogP contribution >= 0.6 is 27.3 Å². The number of thiophene rings is 1. The van der Waals surface area contributed by atoms with Crippen molar-refractivity contribution >= 4 is 38.9 Å². The molecule has 1 aromatic carbocycles. The average Bonchev–Trinajstić information content (AvgIpc) is 2.90. The first-order chi connectivity index (χ1) is 9.65. The molecule has 0 bridgehead atoms. The van der Waals surface area contributed by atoms with E-state index in [-0.39, 0.29) is 5.97 Å². The van der Waals surface area contributed by atoms with Crippen molar-refractivity contribution in [3.05, 3.63) is 45.1 Å². The molecule has 2 rings (SSSR count). The highest BCUT2D eigenvalue weighted by atomic mass is 79.9. The van der Waals surface area contributed by atoms with E-state index in [1.165, 1.54) is 18.4 Å². The van der Waals surface area contributed by atoms with Gasteiger partial charge in [0.25, 0.3) is 0 Å². The lowest BCUT2D eigenvalue weighted by Gasteiger charge is -2.18. The maximum absolute atomic E-state index is 12.0. The first-order valence-corrected chi connectivity index (χ1v) is 7.54. The lowest BCUT2D eigenvalue weighted by atomic mass is 10.2. The van der Waals surface area contributed by atoms with E-state index in [9.17, 15) is 4.79 Å². The molecule has 1 N–H and O–H groups in total. The summed E-state index contributed by atoms with van der Waals surface area (Å²) in [5, 5.41) is 5.09. The molecular formula is C14H14BrNO3S. The van der Waals surface area contributed by atoms with Crippen molar-refractivity contribution in [3.8, 4) is 5.75 Å². The zero-order valence-electron chi connectivity index (χ0n) is 11.1. The number of carbonyl (C=O) groups excluding carboxylic acids is 1. The molecule has 0 radical (unpaired) electrons. The highest BCUT2D eigenvalue weighted by Gasteiger charge is 2.24. The third-order valence-corrected chi connectivity index (χ3v) is 4.47. The highest BCUT2D eigenvalue weighted by molar-refractivity contribution is 9.10. The average molecular weight is 356 g/mol. The molecule has 0 amide bonds. The van der Waals surface area contributed by atoms with Gasteiger partial charge in [-0.3, -0.25) is 0 Å². The van der Waals surface area contributed by atoms with Crippen molar-refractivity contribution in [2.75, 3.05) is 19.5 Å². The number of hydrogen-bond donors (Lipinski definition) is 1. The molecule has 2 aromatic rings. The van der Waals surface area contributed by atoms with Gasteiger partial charge in [-0.1, -0.05) is 12.1 Å². The molecule has 0 aliphatic heterocycles.